The Morgan fingerprint density at radius 3 is 3.07 bits per heavy atom. The van der Waals surface area contributed by atoms with Crippen LogP contribution in [0, 0.1) is 0 Å². The van der Waals surface area contributed by atoms with Gasteiger partial charge in [-0.1, -0.05) is 5.21 Å². The van der Waals surface area contributed by atoms with Gasteiger partial charge in [0.2, 0.25) is 0 Å². The van der Waals surface area contributed by atoms with Crippen molar-refractivity contribution in [2.75, 3.05) is 19.8 Å². The Bertz CT molecular complexity index is 347. The van der Waals surface area contributed by atoms with Crippen molar-refractivity contribution in [3.63, 3.8) is 0 Å². The van der Waals surface area contributed by atoms with Gasteiger partial charge in [0, 0.05) is 6.54 Å². The number of aromatic nitrogens is 3. The van der Waals surface area contributed by atoms with E-state index in [-0.39, 0.29) is 5.69 Å². The van der Waals surface area contributed by atoms with Crippen LogP contribution in [0.5, 0.6) is 0 Å². The molecule has 0 bridgehead atoms. The van der Waals surface area contributed by atoms with Gasteiger partial charge in [-0.3, -0.25) is 4.68 Å². The molecule has 0 aliphatic carbocycles. The van der Waals surface area contributed by atoms with Crippen molar-refractivity contribution in [3.8, 4) is 0 Å². The smallest absolute Gasteiger partial charge is 0.358 e. The number of nitrogens with zero attached hydrogens (tertiary/aromatic N) is 3. The molecule has 7 nitrogen and oxygen atoms in total. The van der Waals surface area contributed by atoms with E-state index in [1.807, 2.05) is 0 Å². The van der Waals surface area contributed by atoms with Gasteiger partial charge >= 0.3 is 5.97 Å². The Balaban J connectivity index is 1.75. The standard InChI is InChI=1S/C8H12N4O3/c13-8(14)7-3-12(11-10-7)2-1-9-6-4-15-5-6/h3,6,9H,1-2,4-5H2,(H,13,14). The molecule has 1 aliphatic heterocycles. The van der Waals surface area contributed by atoms with Gasteiger partial charge in [-0.15, -0.1) is 5.10 Å². The summed E-state index contributed by atoms with van der Waals surface area (Å²) in [5.41, 5.74) is -0.0259. The van der Waals surface area contributed by atoms with Crippen LogP contribution in [0.2, 0.25) is 0 Å². The molecule has 15 heavy (non-hydrogen) atoms. The van der Waals surface area contributed by atoms with Crippen LogP contribution in [-0.4, -0.2) is 51.9 Å². The molecule has 1 fully saturated rings. The lowest BCUT2D eigenvalue weighted by atomic mass is 10.2. The first kappa shape index (κ1) is 10.1. The van der Waals surface area contributed by atoms with Gasteiger partial charge in [-0.25, -0.2) is 4.79 Å². The summed E-state index contributed by atoms with van der Waals surface area (Å²) in [6.45, 7) is 2.84. The van der Waals surface area contributed by atoms with E-state index >= 15 is 0 Å². The second kappa shape index (κ2) is 4.37. The second-order valence-electron chi connectivity index (χ2n) is 3.36. The first-order chi connectivity index (χ1) is 7.25. The molecule has 2 heterocycles. The third kappa shape index (κ3) is 2.51. The van der Waals surface area contributed by atoms with Crippen LogP contribution in [0.25, 0.3) is 0 Å². The topological polar surface area (TPSA) is 89.3 Å². The van der Waals surface area contributed by atoms with Crippen LogP contribution >= 0.6 is 0 Å². The minimum absolute atomic E-state index is 0.0259. The predicted octanol–water partition coefficient (Wildman–Crippen LogP) is -1.04. The van der Waals surface area contributed by atoms with Crippen molar-refractivity contribution in [3.05, 3.63) is 11.9 Å². The van der Waals surface area contributed by atoms with E-state index in [1.165, 1.54) is 10.9 Å². The van der Waals surface area contributed by atoms with Gasteiger partial charge in [0.1, 0.15) is 0 Å². The highest BCUT2D eigenvalue weighted by Crippen LogP contribution is 1.98. The molecule has 2 rings (SSSR count). The summed E-state index contributed by atoms with van der Waals surface area (Å²) in [5.74, 6) is -1.05. The van der Waals surface area contributed by atoms with Crippen LogP contribution in [0.4, 0.5) is 0 Å². The normalized spacial score (nSPS) is 16.3. The molecule has 7 heteroatoms. The molecule has 1 aromatic heterocycles. The maximum atomic E-state index is 10.5. The van der Waals surface area contributed by atoms with E-state index in [9.17, 15) is 4.79 Å². The SMILES string of the molecule is O=C(O)c1cn(CCNC2COC2)nn1. The van der Waals surface area contributed by atoms with E-state index in [4.69, 9.17) is 9.84 Å². The lowest BCUT2D eigenvalue weighted by Gasteiger charge is -2.26. The van der Waals surface area contributed by atoms with Crippen molar-refractivity contribution in [2.24, 2.45) is 0 Å². The fraction of sp³-hybridized carbons (Fsp3) is 0.625. The Labute approximate surface area is 86.0 Å². The molecule has 2 N–H and O–H groups in total. The molecule has 0 spiro atoms. The van der Waals surface area contributed by atoms with Crippen molar-refractivity contribution in [2.45, 2.75) is 12.6 Å². The molecular formula is C8H12N4O3. The van der Waals surface area contributed by atoms with Crippen molar-refractivity contribution >= 4 is 5.97 Å². The summed E-state index contributed by atoms with van der Waals surface area (Å²) in [7, 11) is 0. The Morgan fingerprint density at radius 1 is 1.73 bits per heavy atom. The Morgan fingerprint density at radius 2 is 2.53 bits per heavy atom. The number of ether oxygens (including phenoxy) is 1. The zero-order valence-electron chi connectivity index (χ0n) is 8.09. The van der Waals surface area contributed by atoms with Crippen LogP contribution in [-0.2, 0) is 11.3 Å². The first-order valence-corrected chi connectivity index (χ1v) is 4.70. The summed E-state index contributed by atoms with van der Waals surface area (Å²) < 4.78 is 6.51. The maximum absolute atomic E-state index is 10.5. The minimum Gasteiger partial charge on any atom is -0.476 e. The minimum atomic E-state index is -1.05. The third-order valence-electron chi connectivity index (χ3n) is 2.17. The van der Waals surface area contributed by atoms with Crippen LogP contribution < -0.4 is 5.32 Å². The zero-order valence-corrected chi connectivity index (χ0v) is 8.09. The first-order valence-electron chi connectivity index (χ1n) is 4.70. The number of carboxylic acids is 1. The molecule has 0 atom stereocenters. The number of hydrogen-bond donors (Lipinski definition) is 2. The fourth-order valence-electron chi connectivity index (χ4n) is 1.24. The Hall–Kier alpha value is -1.47. The predicted molar refractivity (Wildman–Crippen MR) is 49.6 cm³/mol. The number of rotatable bonds is 5. The lowest BCUT2D eigenvalue weighted by Crippen LogP contribution is -2.46. The van der Waals surface area contributed by atoms with Crippen molar-refractivity contribution in [1.29, 1.82) is 0 Å². The van der Waals surface area contributed by atoms with E-state index in [2.05, 4.69) is 15.6 Å². The summed E-state index contributed by atoms with van der Waals surface area (Å²) in [5, 5.41) is 19.1. The monoisotopic (exact) mass is 212 g/mol. The molecule has 1 saturated heterocycles. The molecule has 0 amide bonds. The van der Waals surface area contributed by atoms with Crippen molar-refractivity contribution < 1.29 is 14.6 Å². The highest BCUT2D eigenvalue weighted by atomic mass is 16.5. The van der Waals surface area contributed by atoms with Crippen LogP contribution in [0.15, 0.2) is 6.20 Å². The number of aromatic carboxylic acids is 1. The molecule has 1 aromatic rings. The lowest BCUT2D eigenvalue weighted by molar-refractivity contribution is -0.00524. The van der Waals surface area contributed by atoms with Gasteiger partial charge in [0.25, 0.3) is 0 Å². The molecule has 0 aromatic carbocycles. The quantitative estimate of drug-likeness (QED) is 0.648. The average molecular weight is 212 g/mol. The highest BCUT2D eigenvalue weighted by Gasteiger charge is 2.16. The zero-order chi connectivity index (χ0) is 10.7. The molecule has 0 unspecified atom stereocenters. The summed E-state index contributed by atoms with van der Waals surface area (Å²) in [4.78, 5) is 10.5. The van der Waals surface area contributed by atoms with Crippen LogP contribution in [0.3, 0.4) is 0 Å². The number of nitrogens with one attached hydrogen (secondary N) is 1. The Kier molecular flexibility index (Phi) is 2.93. The molecule has 82 valence electrons. The third-order valence-corrected chi connectivity index (χ3v) is 2.17. The van der Waals surface area contributed by atoms with Crippen molar-refractivity contribution in [1.82, 2.24) is 20.3 Å². The van der Waals surface area contributed by atoms with Gasteiger partial charge in [-0.05, 0) is 0 Å². The second-order valence-corrected chi connectivity index (χ2v) is 3.36. The maximum Gasteiger partial charge on any atom is 0.358 e. The van der Waals surface area contributed by atoms with Gasteiger partial charge in [-0.2, -0.15) is 0 Å². The van der Waals surface area contributed by atoms with Gasteiger partial charge in [0.15, 0.2) is 5.69 Å². The highest BCUT2D eigenvalue weighted by molar-refractivity contribution is 5.84. The van der Waals surface area contributed by atoms with E-state index in [0.717, 1.165) is 19.8 Å². The van der Waals surface area contributed by atoms with Gasteiger partial charge < -0.3 is 15.2 Å². The number of carbonyl (C=O) groups is 1. The fourth-order valence-corrected chi connectivity index (χ4v) is 1.24. The van der Waals surface area contributed by atoms with Gasteiger partial charge in [0.05, 0.1) is 32.0 Å². The molecule has 1 aliphatic rings. The molecule has 0 radical (unpaired) electrons. The van der Waals surface area contributed by atoms with E-state index < -0.39 is 5.97 Å². The average Bonchev–Trinajstić information content (AvgIpc) is 2.57. The summed E-state index contributed by atoms with van der Waals surface area (Å²) in [6.07, 6.45) is 1.42. The van der Waals surface area contributed by atoms with E-state index in [1.54, 1.807) is 0 Å². The number of carboxylic acid groups (broad SMARTS) is 1. The largest absolute Gasteiger partial charge is 0.476 e. The molecular weight excluding hydrogens is 200 g/mol. The number of hydrogen-bond acceptors (Lipinski definition) is 5. The van der Waals surface area contributed by atoms with E-state index in [0.29, 0.717) is 12.6 Å². The summed E-state index contributed by atoms with van der Waals surface area (Å²) in [6, 6.07) is 0.424. The van der Waals surface area contributed by atoms with Crippen LogP contribution in [0.1, 0.15) is 10.5 Å². The molecule has 0 saturated carbocycles. The summed E-state index contributed by atoms with van der Waals surface area (Å²) >= 11 is 0.